The summed E-state index contributed by atoms with van der Waals surface area (Å²) >= 11 is 0. The molecule has 1 aromatic heterocycles. The Balaban J connectivity index is 0.00000210. The van der Waals surface area contributed by atoms with Crippen LogP contribution < -0.4 is 10.9 Å². The molecule has 3 aliphatic rings. The largest absolute Gasteiger partial charge is 0.427 e. The zero-order valence-corrected chi connectivity index (χ0v) is 17.0. The fourth-order valence-corrected chi connectivity index (χ4v) is 5.14. The van der Waals surface area contributed by atoms with Gasteiger partial charge in [-0.2, -0.15) is 0 Å². The van der Waals surface area contributed by atoms with Crippen molar-refractivity contribution >= 4 is 18.3 Å². The second-order valence-electron chi connectivity index (χ2n) is 8.27. The molecule has 4 heterocycles. The number of rotatable bonds is 2. The molecule has 3 atom stereocenters. The van der Waals surface area contributed by atoms with E-state index in [1.807, 2.05) is 17.9 Å². The van der Waals surface area contributed by atoms with Crippen molar-refractivity contribution in [2.75, 3.05) is 13.1 Å². The van der Waals surface area contributed by atoms with E-state index in [4.69, 9.17) is 4.42 Å². The highest BCUT2D eigenvalue weighted by Crippen LogP contribution is 2.34. The zero-order valence-electron chi connectivity index (χ0n) is 16.2. The number of fused-ring (bicyclic) bond motifs is 2. The van der Waals surface area contributed by atoms with E-state index in [2.05, 4.69) is 5.32 Å². The Hall–Kier alpha value is -1.33. The maximum Gasteiger partial charge on any atom is 0.349 e. The van der Waals surface area contributed by atoms with Crippen molar-refractivity contribution in [3.05, 3.63) is 33.4 Å². The van der Waals surface area contributed by atoms with Crippen LogP contribution in [-0.4, -0.2) is 36.0 Å². The predicted octanol–water partition coefficient (Wildman–Crippen LogP) is 3.77. The number of piperidine rings is 2. The summed E-state index contributed by atoms with van der Waals surface area (Å²) in [5.74, 6) is 0.866. The number of carbonyl (C=O) groups excluding carboxylic acids is 1. The second kappa shape index (κ2) is 8.78. The SMILES string of the molecule is Cc1cc(C2CCCNC2)oc(=O)c1C(=O)N1C2CCCCC1CCC2.Cl. The average Bonchev–Trinajstić information content (AvgIpc) is 2.76. The van der Waals surface area contributed by atoms with Gasteiger partial charge in [0.25, 0.3) is 5.91 Å². The van der Waals surface area contributed by atoms with Gasteiger partial charge in [0.15, 0.2) is 0 Å². The molecule has 5 nitrogen and oxygen atoms in total. The summed E-state index contributed by atoms with van der Waals surface area (Å²) in [5.41, 5.74) is 0.586. The van der Waals surface area contributed by atoms with Gasteiger partial charge in [0.05, 0.1) is 0 Å². The van der Waals surface area contributed by atoms with E-state index in [-0.39, 0.29) is 29.8 Å². The van der Waals surface area contributed by atoms with Gasteiger partial charge in [-0.05, 0) is 70.0 Å². The molecule has 1 N–H and O–H groups in total. The van der Waals surface area contributed by atoms with E-state index < -0.39 is 5.63 Å². The molecule has 0 saturated carbocycles. The summed E-state index contributed by atoms with van der Waals surface area (Å²) in [7, 11) is 0. The van der Waals surface area contributed by atoms with E-state index in [1.54, 1.807) is 0 Å². The van der Waals surface area contributed by atoms with Gasteiger partial charge < -0.3 is 14.6 Å². The van der Waals surface area contributed by atoms with E-state index >= 15 is 0 Å². The van der Waals surface area contributed by atoms with Crippen LogP contribution >= 0.6 is 12.4 Å². The molecule has 3 unspecified atom stereocenters. The van der Waals surface area contributed by atoms with Crippen LogP contribution in [0.2, 0.25) is 0 Å². The van der Waals surface area contributed by atoms with Crippen LogP contribution in [0.1, 0.15) is 85.4 Å². The van der Waals surface area contributed by atoms with Crippen LogP contribution in [0.15, 0.2) is 15.3 Å². The lowest BCUT2D eigenvalue weighted by molar-refractivity contribution is 0.0454. The number of aryl methyl sites for hydroxylation is 1. The highest BCUT2D eigenvalue weighted by atomic mass is 35.5. The monoisotopic (exact) mass is 394 g/mol. The Labute approximate surface area is 167 Å². The number of halogens is 1. The normalized spacial score (nSPS) is 28.2. The minimum Gasteiger partial charge on any atom is -0.427 e. The van der Waals surface area contributed by atoms with Crippen molar-refractivity contribution in [1.82, 2.24) is 10.2 Å². The summed E-state index contributed by atoms with van der Waals surface area (Å²) in [4.78, 5) is 28.1. The number of carbonyl (C=O) groups is 1. The lowest BCUT2D eigenvalue weighted by Gasteiger charge is -2.40. The molecule has 1 aromatic rings. The van der Waals surface area contributed by atoms with Crippen molar-refractivity contribution in [1.29, 1.82) is 0 Å². The van der Waals surface area contributed by atoms with Gasteiger partial charge in [-0.25, -0.2) is 4.79 Å². The van der Waals surface area contributed by atoms with Gasteiger partial charge in [-0.1, -0.05) is 12.8 Å². The van der Waals surface area contributed by atoms with Crippen LogP contribution in [0.4, 0.5) is 0 Å². The van der Waals surface area contributed by atoms with Crippen molar-refractivity contribution in [2.45, 2.75) is 82.7 Å². The Morgan fingerprint density at radius 2 is 1.74 bits per heavy atom. The fraction of sp³-hybridized carbons (Fsp3) is 0.714. The summed E-state index contributed by atoms with van der Waals surface area (Å²) in [6, 6.07) is 2.52. The zero-order chi connectivity index (χ0) is 18.1. The third kappa shape index (κ3) is 4.09. The fourth-order valence-electron chi connectivity index (χ4n) is 5.14. The highest BCUT2D eigenvalue weighted by Gasteiger charge is 2.37. The third-order valence-corrected chi connectivity index (χ3v) is 6.50. The molecule has 3 fully saturated rings. The maximum absolute atomic E-state index is 13.3. The van der Waals surface area contributed by atoms with Gasteiger partial charge in [-0.15, -0.1) is 12.4 Å². The Morgan fingerprint density at radius 3 is 2.33 bits per heavy atom. The number of nitrogens with zero attached hydrogens (tertiary/aromatic N) is 1. The second-order valence-corrected chi connectivity index (χ2v) is 8.27. The number of amides is 1. The first kappa shape index (κ1) is 20.4. The molecule has 3 aliphatic heterocycles. The lowest BCUT2D eigenvalue weighted by Crippen LogP contribution is -2.50. The van der Waals surface area contributed by atoms with E-state index in [0.717, 1.165) is 62.9 Å². The van der Waals surface area contributed by atoms with E-state index in [9.17, 15) is 9.59 Å². The molecular formula is C21H31ClN2O3. The van der Waals surface area contributed by atoms with Gasteiger partial charge >= 0.3 is 5.63 Å². The summed E-state index contributed by atoms with van der Waals surface area (Å²) in [6.45, 7) is 3.75. The van der Waals surface area contributed by atoms with Crippen molar-refractivity contribution in [3.63, 3.8) is 0 Å². The Morgan fingerprint density at radius 1 is 1.07 bits per heavy atom. The molecule has 2 bridgehead atoms. The molecule has 0 radical (unpaired) electrons. The summed E-state index contributed by atoms with van der Waals surface area (Å²) in [6.07, 6.45) is 9.95. The molecule has 1 amide bonds. The van der Waals surface area contributed by atoms with Crippen LogP contribution in [0, 0.1) is 6.92 Å². The third-order valence-electron chi connectivity index (χ3n) is 6.50. The highest BCUT2D eigenvalue weighted by molar-refractivity contribution is 5.95. The van der Waals surface area contributed by atoms with Crippen LogP contribution in [0.3, 0.4) is 0 Å². The average molecular weight is 395 g/mol. The number of hydrogen-bond acceptors (Lipinski definition) is 4. The molecule has 0 spiro atoms. The Kier molecular flexibility index (Phi) is 6.64. The Bertz CT molecular complexity index is 713. The predicted molar refractivity (Wildman–Crippen MR) is 108 cm³/mol. The summed E-state index contributed by atoms with van der Waals surface area (Å²) < 4.78 is 5.65. The van der Waals surface area contributed by atoms with Crippen LogP contribution in [0.25, 0.3) is 0 Å². The lowest BCUT2D eigenvalue weighted by atomic mass is 9.92. The smallest absolute Gasteiger partial charge is 0.349 e. The number of nitrogens with one attached hydrogen (secondary N) is 1. The quantitative estimate of drug-likeness (QED) is 0.829. The first-order valence-electron chi connectivity index (χ1n) is 10.3. The number of hydrogen-bond donors (Lipinski definition) is 1. The first-order chi connectivity index (χ1) is 12.6. The molecule has 0 aliphatic carbocycles. The minimum atomic E-state index is -0.446. The molecule has 6 heteroatoms. The standard InChI is InChI=1S/C21H30N2O3.ClH/c1-14-12-18(15-6-5-11-22-13-15)26-21(25)19(14)20(24)23-16-7-2-3-8-17(23)10-4-9-16;/h12,15-17,22H,2-11,13H2,1H3;1H. The van der Waals surface area contributed by atoms with Gasteiger partial charge in [-0.3, -0.25) is 4.79 Å². The van der Waals surface area contributed by atoms with Crippen LogP contribution in [0.5, 0.6) is 0 Å². The maximum atomic E-state index is 13.3. The molecular weight excluding hydrogens is 364 g/mol. The first-order valence-corrected chi connectivity index (χ1v) is 10.3. The summed E-state index contributed by atoms with van der Waals surface area (Å²) in [5, 5.41) is 3.36. The van der Waals surface area contributed by atoms with Crippen LogP contribution in [-0.2, 0) is 0 Å². The topological polar surface area (TPSA) is 62.6 Å². The van der Waals surface area contributed by atoms with E-state index in [1.165, 1.54) is 19.3 Å². The molecule has 150 valence electrons. The van der Waals surface area contributed by atoms with Crippen molar-refractivity contribution in [3.8, 4) is 0 Å². The van der Waals surface area contributed by atoms with Gasteiger partial charge in [0.1, 0.15) is 11.3 Å². The van der Waals surface area contributed by atoms with Gasteiger partial charge in [0.2, 0.25) is 0 Å². The molecule has 3 saturated heterocycles. The van der Waals surface area contributed by atoms with E-state index in [0.29, 0.717) is 12.1 Å². The molecule has 0 aromatic carbocycles. The molecule has 4 rings (SSSR count). The minimum absolute atomic E-state index is 0. The van der Waals surface area contributed by atoms with Crippen molar-refractivity contribution < 1.29 is 9.21 Å². The van der Waals surface area contributed by atoms with Gasteiger partial charge in [0, 0.05) is 24.5 Å². The molecule has 27 heavy (non-hydrogen) atoms. The van der Waals surface area contributed by atoms with Crippen molar-refractivity contribution in [2.24, 2.45) is 0 Å².